The van der Waals surface area contributed by atoms with Crippen LogP contribution in [0.15, 0.2) is 30.3 Å². The number of aryl methyl sites for hydroxylation is 1. The minimum Gasteiger partial charge on any atom is -0.443 e. The van der Waals surface area contributed by atoms with E-state index >= 15 is 0 Å². The number of aliphatic hydroxyl groups is 1. The molecule has 0 bridgehead atoms. The molecule has 6 nitrogen and oxygen atoms in total. The Labute approximate surface area is 159 Å². The normalized spacial score (nSPS) is 16.2. The van der Waals surface area contributed by atoms with Gasteiger partial charge in [-0.1, -0.05) is 30.3 Å². The molecule has 0 radical (unpaired) electrons. The van der Waals surface area contributed by atoms with E-state index in [9.17, 15) is 14.7 Å². The lowest BCUT2D eigenvalue weighted by Crippen LogP contribution is -2.35. The summed E-state index contributed by atoms with van der Waals surface area (Å²) >= 11 is 0. The molecule has 2 heterocycles. The number of aliphatic hydroxyl groups excluding tert-OH is 1. The Morgan fingerprint density at radius 2 is 1.78 bits per heavy atom. The molecule has 1 aromatic heterocycles. The summed E-state index contributed by atoms with van der Waals surface area (Å²) in [7, 11) is 0. The Morgan fingerprint density at radius 1 is 1.15 bits per heavy atom. The molecule has 2 atom stereocenters. The van der Waals surface area contributed by atoms with Crippen LogP contribution in [0.2, 0.25) is 0 Å². The molecule has 2 aromatic rings. The summed E-state index contributed by atoms with van der Waals surface area (Å²) in [5.41, 5.74) is 2.98. The molecule has 1 fully saturated rings. The van der Waals surface area contributed by atoms with Crippen LogP contribution in [0.1, 0.15) is 64.8 Å². The molecule has 27 heavy (non-hydrogen) atoms. The monoisotopic (exact) mass is 370 g/mol. The summed E-state index contributed by atoms with van der Waals surface area (Å²) in [6.45, 7) is 6.60. The van der Waals surface area contributed by atoms with Gasteiger partial charge in [0.15, 0.2) is 0 Å². The SMILES string of the molecule is Cc1[nH]c(C(=O)O[C@@H](C(=O)N2CCCC2)c2ccccc2)c(C)c1[C@@H](C)O. The fourth-order valence-electron chi connectivity index (χ4n) is 3.75. The number of likely N-dealkylation sites (tertiary alicyclic amines) is 1. The van der Waals surface area contributed by atoms with E-state index in [1.54, 1.807) is 37.8 Å². The predicted molar refractivity (Wildman–Crippen MR) is 101 cm³/mol. The van der Waals surface area contributed by atoms with Crippen LogP contribution in [0.5, 0.6) is 0 Å². The average molecular weight is 370 g/mol. The minimum atomic E-state index is -0.977. The van der Waals surface area contributed by atoms with Crippen molar-refractivity contribution in [2.75, 3.05) is 13.1 Å². The summed E-state index contributed by atoms with van der Waals surface area (Å²) in [4.78, 5) is 30.6. The van der Waals surface area contributed by atoms with Crippen molar-refractivity contribution in [3.05, 3.63) is 58.4 Å². The number of esters is 1. The van der Waals surface area contributed by atoms with Crippen molar-refractivity contribution in [2.45, 2.75) is 45.8 Å². The van der Waals surface area contributed by atoms with Gasteiger partial charge in [0.05, 0.1) is 6.10 Å². The van der Waals surface area contributed by atoms with Gasteiger partial charge in [-0.3, -0.25) is 4.79 Å². The molecule has 1 aliphatic rings. The summed E-state index contributed by atoms with van der Waals surface area (Å²) in [6.07, 6.45) is 0.260. The number of H-pyrrole nitrogens is 1. The number of amides is 1. The van der Waals surface area contributed by atoms with Crippen LogP contribution < -0.4 is 0 Å². The van der Waals surface area contributed by atoms with Gasteiger partial charge in [-0.05, 0) is 39.2 Å². The Morgan fingerprint density at radius 3 is 2.33 bits per heavy atom. The average Bonchev–Trinajstić information content (AvgIpc) is 3.27. The number of benzene rings is 1. The van der Waals surface area contributed by atoms with Gasteiger partial charge >= 0.3 is 5.97 Å². The first kappa shape index (κ1) is 19.2. The molecule has 0 unspecified atom stereocenters. The fraction of sp³-hybridized carbons (Fsp3) is 0.429. The second-order valence-electron chi connectivity index (χ2n) is 7.07. The van der Waals surface area contributed by atoms with E-state index in [4.69, 9.17) is 4.74 Å². The van der Waals surface area contributed by atoms with Gasteiger partial charge in [0.1, 0.15) is 5.69 Å². The Kier molecular flexibility index (Phi) is 5.65. The number of carbonyl (C=O) groups is 2. The number of nitrogens with one attached hydrogen (secondary N) is 1. The van der Waals surface area contributed by atoms with Crippen molar-refractivity contribution in [3.8, 4) is 0 Å². The second-order valence-corrected chi connectivity index (χ2v) is 7.07. The molecule has 144 valence electrons. The first-order valence-electron chi connectivity index (χ1n) is 9.32. The number of aromatic nitrogens is 1. The van der Waals surface area contributed by atoms with Crippen LogP contribution in [0.3, 0.4) is 0 Å². The number of rotatable bonds is 5. The molecule has 6 heteroatoms. The molecule has 1 aromatic carbocycles. The van der Waals surface area contributed by atoms with Gasteiger partial charge in [0, 0.05) is 29.9 Å². The maximum atomic E-state index is 13.0. The maximum Gasteiger partial charge on any atom is 0.356 e. The topological polar surface area (TPSA) is 82.6 Å². The third kappa shape index (κ3) is 3.90. The van der Waals surface area contributed by atoms with E-state index in [0.717, 1.165) is 18.5 Å². The van der Waals surface area contributed by atoms with Crippen molar-refractivity contribution < 1.29 is 19.4 Å². The van der Waals surface area contributed by atoms with Crippen LogP contribution in [-0.2, 0) is 9.53 Å². The fourth-order valence-corrected chi connectivity index (χ4v) is 3.75. The molecule has 1 saturated heterocycles. The van der Waals surface area contributed by atoms with Crippen LogP contribution in [-0.4, -0.2) is 40.0 Å². The Bertz CT molecular complexity index is 820. The van der Waals surface area contributed by atoms with E-state index in [-0.39, 0.29) is 11.6 Å². The molecule has 3 rings (SSSR count). The molecular weight excluding hydrogens is 344 g/mol. The molecule has 0 saturated carbocycles. The number of aromatic amines is 1. The summed E-state index contributed by atoms with van der Waals surface area (Å²) < 4.78 is 5.68. The van der Waals surface area contributed by atoms with Gasteiger partial charge in [-0.2, -0.15) is 0 Å². The van der Waals surface area contributed by atoms with Crippen molar-refractivity contribution >= 4 is 11.9 Å². The van der Waals surface area contributed by atoms with E-state index in [0.29, 0.717) is 29.8 Å². The zero-order chi connectivity index (χ0) is 19.6. The quantitative estimate of drug-likeness (QED) is 0.792. The lowest BCUT2D eigenvalue weighted by atomic mass is 10.1. The number of hydrogen-bond acceptors (Lipinski definition) is 4. The van der Waals surface area contributed by atoms with Crippen LogP contribution >= 0.6 is 0 Å². The van der Waals surface area contributed by atoms with Gasteiger partial charge in [-0.25, -0.2) is 4.79 Å². The van der Waals surface area contributed by atoms with Crippen molar-refractivity contribution in [1.82, 2.24) is 9.88 Å². The maximum absolute atomic E-state index is 13.0. The van der Waals surface area contributed by atoms with Crippen molar-refractivity contribution in [3.63, 3.8) is 0 Å². The third-order valence-electron chi connectivity index (χ3n) is 5.09. The largest absolute Gasteiger partial charge is 0.443 e. The van der Waals surface area contributed by atoms with Crippen molar-refractivity contribution in [2.24, 2.45) is 0 Å². The Balaban J connectivity index is 1.89. The zero-order valence-electron chi connectivity index (χ0n) is 16.0. The summed E-state index contributed by atoms with van der Waals surface area (Å²) in [5.74, 6) is -0.785. The van der Waals surface area contributed by atoms with Gasteiger partial charge in [-0.15, -0.1) is 0 Å². The van der Waals surface area contributed by atoms with E-state index in [2.05, 4.69) is 4.98 Å². The van der Waals surface area contributed by atoms with Crippen LogP contribution in [0.4, 0.5) is 0 Å². The van der Waals surface area contributed by atoms with Crippen LogP contribution in [0.25, 0.3) is 0 Å². The lowest BCUT2D eigenvalue weighted by molar-refractivity contribution is -0.140. The number of ether oxygens (including phenoxy) is 1. The van der Waals surface area contributed by atoms with E-state index in [1.807, 2.05) is 18.2 Å². The van der Waals surface area contributed by atoms with E-state index in [1.165, 1.54) is 0 Å². The standard InChI is InChI=1S/C21H26N2O4/c1-13-17(15(3)24)14(2)22-18(13)21(26)27-19(16-9-5-4-6-10-16)20(25)23-11-7-8-12-23/h4-6,9-10,15,19,22,24H,7-8,11-12H2,1-3H3/t15-,19-/m1/s1. The number of carbonyl (C=O) groups excluding carboxylic acids is 2. The number of nitrogens with zero attached hydrogens (tertiary/aromatic N) is 1. The molecule has 0 aliphatic carbocycles. The summed E-state index contributed by atoms with van der Waals surface area (Å²) in [6, 6.07) is 9.09. The van der Waals surface area contributed by atoms with Gasteiger partial charge in [0.25, 0.3) is 5.91 Å². The van der Waals surface area contributed by atoms with Gasteiger partial charge in [0.2, 0.25) is 6.10 Å². The second kappa shape index (κ2) is 7.96. The van der Waals surface area contributed by atoms with Gasteiger partial charge < -0.3 is 19.7 Å². The highest BCUT2D eigenvalue weighted by atomic mass is 16.5. The van der Waals surface area contributed by atoms with Crippen LogP contribution in [0, 0.1) is 13.8 Å². The smallest absolute Gasteiger partial charge is 0.356 e. The minimum absolute atomic E-state index is 0.191. The molecular formula is C21H26N2O4. The molecule has 2 N–H and O–H groups in total. The Hall–Kier alpha value is -2.60. The zero-order valence-corrected chi connectivity index (χ0v) is 16.0. The molecule has 0 spiro atoms. The lowest BCUT2D eigenvalue weighted by Gasteiger charge is -2.23. The highest BCUT2D eigenvalue weighted by molar-refractivity contribution is 5.93. The first-order valence-corrected chi connectivity index (χ1v) is 9.32. The molecule has 1 amide bonds. The third-order valence-corrected chi connectivity index (χ3v) is 5.09. The van der Waals surface area contributed by atoms with Crippen molar-refractivity contribution in [1.29, 1.82) is 0 Å². The highest BCUT2D eigenvalue weighted by Crippen LogP contribution is 2.28. The van der Waals surface area contributed by atoms with E-state index < -0.39 is 18.2 Å². The highest BCUT2D eigenvalue weighted by Gasteiger charge is 2.32. The first-order chi connectivity index (χ1) is 12.9. The predicted octanol–water partition coefficient (Wildman–Crippen LogP) is 3.21. The number of hydrogen-bond donors (Lipinski definition) is 2. The molecule has 1 aliphatic heterocycles. The summed E-state index contributed by atoms with van der Waals surface area (Å²) in [5, 5.41) is 9.94.